The van der Waals surface area contributed by atoms with Gasteiger partial charge in [0.25, 0.3) is 0 Å². The number of nitrogens with zero attached hydrogens (tertiary/aromatic N) is 1. The number of ether oxygens (including phenoxy) is 1. The van der Waals surface area contributed by atoms with Gasteiger partial charge in [-0.05, 0) is 49.2 Å². The molecule has 35 heavy (non-hydrogen) atoms. The summed E-state index contributed by atoms with van der Waals surface area (Å²) in [6, 6.07) is 4.69. The molecule has 1 N–H and O–H groups in total. The summed E-state index contributed by atoms with van der Waals surface area (Å²) in [5, 5.41) is 2.20. The van der Waals surface area contributed by atoms with Crippen LogP contribution in [0.3, 0.4) is 0 Å². The molecule has 192 valence electrons. The number of nitrogens with one attached hydrogen (secondary N) is 1. The molecule has 0 spiro atoms. The Hall–Kier alpha value is -2.51. The van der Waals surface area contributed by atoms with Gasteiger partial charge in [-0.2, -0.15) is 30.6 Å². The van der Waals surface area contributed by atoms with Crippen molar-refractivity contribution in [2.24, 2.45) is 5.92 Å². The number of carbonyl (C=O) groups excluding carboxylic acids is 1. The van der Waals surface area contributed by atoms with E-state index in [0.29, 0.717) is 12.1 Å². The maximum atomic E-state index is 13.2. The van der Waals surface area contributed by atoms with Crippen molar-refractivity contribution in [2.45, 2.75) is 30.1 Å². The molecule has 0 bridgehead atoms. The quantitative estimate of drug-likeness (QED) is 0.510. The van der Waals surface area contributed by atoms with Crippen LogP contribution < -0.4 is 10.1 Å². The molecule has 1 atom stereocenters. The van der Waals surface area contributed by atoms with Gasteiger partial charge in [-0.25, -0.2) is 8.42 Å². The SMILES string of the molecule is COc1ccc(Cl)cc1S(=O)(=O)N1CCC[C@@H](C(=O)Nc2cc(C(F)(F)F)cc(C(F)(F)F)c2)C1. The minimum atomic E-state index is -5.08. The summed E-state index contributed by atoms with van der Waals surface area (Å²) in [7, 11) is -2.91. The number of carbonyl (C=O) groups is 1. The Bertz CT molecular complexity index is 1190. The third-order valence-corrected chi connectivity index (χ3v) is 7.48. The molecule has 0 radical (unpaired) electrons. The van der Waals surface area contributed by atoms with E-state index in [2.05, 4.69) is 5.32 Å². The minimum Gasteiger partial charge on any atom is -0.495 e. The highest BCUT2D eigenvalue weighted by atomic mass is 35.5. The highest BCUT2D eigenvalue weighted by molar-refractivity contribution is 7.89. The summed E-state index contributed by atoms with van der Waals surface area (Å²) in [6.45, 7) is -0.293. The molecule has 0 aromatic heterocycles. The van der Waals surface area contributed by atoms with Crippen molar-refractivity contribution in [3.8, 4) is 5.75 Å². The molecular formula is C21H19ClF6N2O4S. The van der Waals surface area contributed by atoms with Gasteiger partial charge in [0.1, 0.15) is 10.6 Å². The smallest absolute Gasteiger partial charge is 0.416 e. The van der Waals surface area contributed by atoms with Gasteiger partial charge in [0.15, 0.2) is 0 Å². The molecule has 0 unspecified atom stereocenters. The Kier molecular flexibility index (Phi) is 7.63. The van der Waals surface area contributed by atoms with Crippen LogP contribution >= 0.6 is 11.6 Å². The zero-order valence-corrected chi connectivity index (χ0v) is 19.6. The normalized spacial score (nSPS) is 17.8. The topological polar surface area (TPSA) is 75.7 Å². The van der Waals surface area contributed by atoms with Crippen LogP contribution in [-0.4, -0.2) is 38.8 Å². The van der Waals surface area contributed by atoms with Crippen LogP contribution in [0.15, 0.2) is 41.3 Å². The van der Waals surface area contributed by atoms with Crippen molar-refractivity contribution >= 4 is 33.2 Å². The number of sulfonamides is 1. The lowest BCUT2D eigenvalue weighted by atomic mass is 9.98. The number of alkyl halides is 6. The predicted octanol–water partition coefficient (Wildman–Crippen LogP) is 5.43. The van der Waals surface area contributed by atoms with E-state index in [4.69, 9.17) is 16.3 Å². The van der Waals surface area contributed by atoms with E-state index in [1.54, 1.807) is 0 Å². The first-order chi connectivity index (χ1) is 16.1. The lowest BCUT2D eigenvalue weighted by Crippen LogP contribution is -2.43. The van der Waals surface area contributed by atoms with Crippen LogP contribution in [-0.2, 0) is 27.2 Å². The molecule has 1 saturated heterocycles. The average molecular weight is 545 g/mol. The van der Waals surface area contributed by atoms with Gasteiger partial charge in [0.2, 0.25) is 15.9 Å². The van der Waals surface area contributed by atoms with E-state index in [-0.39, 0.29) is 47.7 Å². The summed E-state index contributed by atoms with van der Waals surface area (Å²) >= 11 is 5.91. The first kappa shape index (κ1) is 27.1. The molecule has 1 fully saturated rings. The lowest BCUT2D eigenvalue weighted by molar-refractivity contribution is -0.143. The molecule has 2 aromatic rings. The van der Waals surface area contributed by atoms with E-state index in [0.717, 1.165) is 4.31 Å². The molecule has 1 aliphatic heterocycles. The second-order valence-corrected chi connectivity index (χ2v) is 10.1. The highest BCUT2D eigenvalue weighted by Gasteiger charge is 2.38. The monoisotopic (exact) mass is 544 g/mol. The lowest BCUT2D eigenvalue weighted by Gasteiger charge is -2.31. The molecule has 2 aromatic carbocycles. The zero-order valence-electron chi connectivity index (χ0n) is 18.0. The maximum absolute atomic E-state index is 13.2. The number of anilines is 1. The minimum absolute atomic E-state index is 0.0182. The van der Waals surface area contributed by atoms with Crippen molar-refractivity contribution in [2.75, 3.05) is 25.5 Å². The van der Waals surface area contributed by atoms with Crippen molar-refractivity contribution in [3.05, 3.63) is 52.5 Å². The molecule has 1 amide bonds. The molecule has 1 heterocycles. The Balaban J connectivity index is 1.85. The molecule has 6 nitrogen and oxygen atoms in total. The summed E-state index contributed by atoms with van der Waals surface area (Å²) in [5.41, 5.74) is -3.86. The van der Waals surface area contributed by atoms with Crippen molar-refractivity contribution in [3.63, 3.8) is 0 Å². The molecular weight excluding hydrogens is 526 g/mol. The molecule has 3 rings (SSSR count). The number of hydrogen-bond donors (Lipinski definition) is 1. The number of rotatable bonds is 5. The van der Waals surface area contributed by atoms with Gasteiger partial charge in [-0.1, -0.05) is 11.6 Å². The fraction of sp³-hybridized carbons (Fsp3) is 0.381. The van der Waals surface area contributed by atoms with Gasteiger partial charge >= 0.3 is 12.4 Å². The Labute approximate surface area is 201 Å². The van der Waals surface area contributed by atoms with Crippen molar-refractivity contribution < 1.29 is 44.3 Å². The number of piperidine rings is 1. The second-order valence-electron chi connectivity index (χ2n) is 7.78. The van der Waals surface area contributed by atoms with Crippen LogP contribution in [0.4, 0.5) is 32.0 Å². The molecule has 14 heteroatoms. The Morgan fingerprint density at radius 2 is 1.66 bits per heavy atom. The second kappa shape index (κ2) is 9.86. The summed E-state index contributed by atoms with van der Waals surface area (Å²) in [4.78, 5) is 12.5. The fourth-order valence-corrected chi connectivity index (χ4v) is 5.58. The third-order valence-electron chi connectivity index (χ3n) is 5.35. The largest absolute Gasteiger partial charge is 0.495 e. The summed E-state index contributed by atoms with van der Waals surface area (Å²) < 4.78 is 111. The number of halogens is 7. The molecule has 1 aliphatic rings. The van der Waals surface area contributed by atoms with Crippen LogP contribution in [0.2, 0.25) is 5.02 Å². The summed E-state index contributed by atoms with van der Waals surface area (Å²) in [5.74, 6) is -1.91. The van der Waals surface area contributed by atoms with Crippen LogP contribution in [0.25, 0.3) is 0 Å². The van der Waals surface area contributed by atoms with E-state index < -0.39 is 51.0 Å². The number of hydrogen-bond acceptors (Lipinski definition) is 4. The van der Waals surface area contributed by atoms with E-state index in [9.17, 15) is 39.6 Å². The van der Waals surface area contributed by atoms with Gasteiger partial charge in [0.05, 0.1) is 24.2 Å². The first-order valence-corrected chi connectivity index (χ1v) is 11.9. The van der Waals surface area contributed by atoms with Crippen molar-refractivity contribution in [1.82, 2.24) is 4.31 Å². The zero-order chi connectivity index (χ0) is 26.2. The predicted molar refractivity (Wildman–Crippen MR) is 115 cm³/mol. The number of benzene rings is 2. The van der Waals surface area contributed by atoms with Gasteiger partial charge < -0.3 is 10.1 Å². The summed E-state index contributed by atoms with van der Waals surface area (Å²) in [6.07, 6.45) is -9.74. The maximum Gasteiger partial charge on any atom is 0.416 e. The average Bonchev–Trinajstić information content (AvgIpc) is 2.77. The Morgan fingerprint density at radius 1 is 1.06 bits per heavy atom. The van der Waals surface area contributed by atoms with E-state index >= 15 is 0 Å². The van der Waals surface area contributed by atoms with Crippen molar-refractivity contribution in [1.29, 1.82) is 0 Å². The third kappa shape index (κ3) is 6.19. The van der Waals surface area contributed by atoms with Crippen LogP contribution in [0, 0.1) is 5.92 Å². The highest BCUT2D eigenvalue weighted by Crippen LogP contribution is 2.38. The molecule has 0 saturated carbocycles. The Morgan fingerprint density at radius 3 is 2.20 bits per heavy atom. The first-order valence-electron chi connectivity index (χ1n) is 10.1. The van der Waals surface area contributed by atoms with Crippen LogP contribution in [0.1, 0.15) is 24.0 Å². The number of methoxy groups -OCH3 is 1. The van der Waals surface area contributed by atoms with Crippen LogP contribution in [0.5, 0.6) is 5.75 Å². The number of amides is 1. The van der Waals surface area contributed by atoms with E-state index in [1.165, 1.54) is 25.3 Å². The van der Waals surface area contributed by atoms with Gasteiger partial charge in [-0.15, -0.1) is 0 Å². The fourth-order valence-electron chi connectivity index (χ4n) is 3.64. The molecule has 0 aliphatic carbocycles. The van der Waals surface area contributed by atoms with Gasteiger partial charge in [-0.3, -0.25) is 4.79 Å². The standard InChI is InChI=1S/C21H19ClF6N2O4S/c1-34-17-5-4-15(22)10-18(17)35(32,33)30-6-2-3-12(11-30)19(31)29-16-8-13(20(23,24)25)7-14(9-16)21(26,27)28/h4-5,7-10,12H,2-3,6,11H2,1H3,(H,29,31)/t12-/m1/s1. The van der Waals surface area contributed by atoms with E-state index in [1.807, 2.05) is 0 Å². The van der Waals surface area contributed by atoms with Gasteiger partial charge in [0, 0.05) is 23.8 Å².